The van der Waals surface area contributed by atoms with Gasteiger partial charge in [0.2, 0.25) is 0 Å². The second-order valence-corrected chi connectivity index (χ2v) is 2.81. The Kier molecular flexibility index (Phi) is 2.89. The number of halogens is 1. The molecule has 0 aromatic carbocycles. The van der Waals surface area contributed by atoms with Gasteiger partial charge in [-0.15, -0.1) is 0 Å². The Morgan fingerprint density at radius 3 is 2.83 bits per heavy atom. The zero-order chi connectivity index (χ0) is 9.14. The van der Waals surface area contributed by atoms with Crippen molar-refractivity contribution < 1.29 is 4.74 Å². The van der Waals surface area contributed by atoms with Crippen molar-refractivity contribution in [3.63, 3.8) is 0 Å². The highest BCUT2D eigenvalue weighted by atomic mass is 35.5. The predicted octanol–water partition coefficient (Wildman–Crippen LogP) is 1.51. The monoisotopic (exact) mass is 186 g/mol. The number of pyridine rings is 1. The van der Waals surface area contributed by atoms with Gasteiger partial charge in [-0.1, -0.05) is 11.6 Å². The molecule has 3 nitrogen and oxygen atoms in total. The van der Waals surface area contributed by atoms with E-state index in [1.807, 2.05) is 6.92 Å². The molecule has 0 saturated heterocycles. The summed E-state index contributed by atoms with van der Waals surface area (Å²) in [6.45, 7) is 2.20. The van der Waals surface area contributed by atoms with E-state index in [1.54, 1.807) is 13.2 Å². The highest BCUT2D eigenvalue weighted by Crippen LogP contribution is 2.26. The molecule has 1 aromatic rings. The van der Waals surface area contributed by atoms with Crippen molar-refractivity contribution in [1.82, 2.24) is 4.98 Å². The van der Waals surface area contributed by atoms with E-state index in [0.29, 0.717) is 23.0 Å². The average molecular weight is 187 g/mol. The number of rotatable bonds is 2. The topological polar surface area (TPSA) is 48.1 Å². The van der Waals surface area contributed by atoms with E-state index in [9.17, 15) is 0 Å². The van der Waals surface area contributed by atoms with Crippen LogP contribution >= 0.6 is 11.6 Å². The number of methoxy groups -OCH3 is 1. The third kappa shape index (κ3) is 1.68. The Labute approximate surface area is 76.5 Å². The molecule has 66 valence electrons. The fourth-order valence-corrected chi connectivity index (χ4v) is 1.22. The first-order valence-electron chi connectivity index (χ1n) is 3.59. The van der Waals surface area contributed by atoms with Crippen molar-refractivity contribution >= 4 is 11.6 Å². The molecule has 0 saturated carbocycles. The van der Waals surface area contributed by atoms with Crippen molar-refractivity contribution in [3.8, 4) is 5.75 Å². The van der Waals surface area contributed by atoms with Gasteiger partial charge >= 0.3 is 0 Å². The lowest BCUT2D eigenvalue weighted by Crippen LogP contribution is -2.03. The van der Waals surface area contributed by atoms with Crippen LogP contribution in [-0.2, 0) is 6.54 Å². The molecule has 0 spiro atoms. The molecule has 0 bridgehead atoms. The first kappa shape index (κ1) is 9.29. The molecule has 0 unspecified atom stereocenters. The largest absolute Gasteiger partial charge is 0.495 e. The highest BCUT2D eigenvalue weighted by molar-refractivity contribution is 6.32. The maximum Gasteiger partial charge on any atom is 0.141 e. The summed E-state index contributed by atoms with van der Waals surface area (Å²) in [4.78, 5) is 4.16. The van der Waals surface area contributed by atoms with Crippen LogP contribution in [0.2, 0.25) is 5.02 Å². The molecular weight excluding hydrogens is 176 g/mol. The van der Waals surface area contributed by atoms with Crippen molar-refractivity contribution in [2.24, 2.45) is 5.73 Å². The van der Waals surface area contributed by atoms with Crippen LogP contribution in [0.5, 0.6) is 5.75 Å². The summed E-state index contributed by atoms with van der Waals surface area (Å²) < 4.78 is 5.04. The van der Waals surface area contributed by atoms with Crippen LogP contribution in [0.3, 0.4) is 0 Å². The van der Waals surface area contributed by atoms with E-state index in [0.717, 1.165) is 5.69 Å². The molecule has 0 atom stereocenters. The van der Waals surface area contributed by atoms with Gasteiger partial charge in [-0.2, -0.15) is 0 Å². The lowest BCUT2D eigenvalue weighted by molar-refractivity contribution is 0.413. The third-order valence-corrected chi connectivity index (χ3v) is 1.94. The molecule has 0 radical (unpaired) electrons. The number of aromatic nitrogens is 1. The molecule has 1 aromatic heterocycles. The quantitative estimate of drug-likeness (QED) is 0.762. The minimum atomic E-state index is 0.330. The van der Waals surface area contributed by atoms with Crippen LogP contribution in [0.15, 0.2) is 6.07 Å². The highest BCUT2D eigenvalue weighted by Gasteiger charge is 2.07. The van der Waals surface area contributed by atoms with Gasteiger partial charge < -0.3 is 10.5 Å². The van der Waals surface area contributed by atoms with E-state index < -0.39 is 0 Å². The van der Waals surface area contributed by atoms with E-state index in [-0.39, 0.29) is 0 Å². The number of nitrogens with two attached hydrogens (primary N) is 1. The van der Waals surface area contributed by atoms with Crippen molar-refractivity contribution in [1.29, 1.82) is 0 Å². The smallest absolute Gasteiger partial charge is 0.141 e. The minimum Gasteiger partial charge on any atom is -0.495 e. The number of hydrogen-bond acceptors (Lipinski definition) is 3. The standard InChI is InChI=1S/C8H11ClN2O/c1-5-3-7(12-2)8(9)6(4-10)11-5/h3H,4,10H2,1-2H3. The molecule has 0 amide bonds. The van der Waals surface area contributed by atoms with Gasteiger partial charge in [-0.05, 0) is 6.92 Å². The Hall–Kier alpha value is -0.800. The van der Waals surface area contributed by atoms with E-state index >= 15 is 0 Å². The van der Waals surface area contributed by atoms with Gasteiger partial charge in [-0.25, -0.2) is 0 Å². The Morgan fingerprint density at radius 1 is 1.67 bits per heavy atom. The summed E-state index contributed by atoms with van der Waals surface area (Å²) in [5, 5.41) is 0.505. The van der Waals surface area contributed by atoms with Crippen LogP contribution in [0.4, 0.5) is 0 Å². The lowest BCUT2D eigenvalue weighted by atomic mass is 10.3. The van der Waals surface area contributed by atoms with Gasteiger partial charge in [-0.3, -0.25) is 4.98 Å². The van der Waals surface area contributed by atoms with Gasteiger partial charge in [0.05, 0.1) is 12.8 Å². The molecule has 0 aliphatic carbocycles. The summed E-state index contributed by atoms with van der Waals surface area (Å²) in [5.41, 5.74) is 6.97. The zero-order valence-electron chi connectivity index (χ0n) is 7.10. The maximum absolute atomic E-state index is 5.91. The van der Waals surface area contributed by atoms with Crippen molar-refractivity contribution in [3.05, 3.63) is 22.5 Å². The minimum absolute atomic E-state index is 0.330. The van der Waals surface area contributed by atoms with E-state index in [1.165, 1.54) is 0 Å². The van der Waals surface area contributed by atoms with Crippen LogP contribution in [0, 0.1) is 6.92 Å². The third-order valence-electron chi connectivity index (χ3n) is 1.53. The maximum atomic E-state index is 5.91. The van der Waals surface area contributed by atoms with Crippen molar-refractivity contribution in [2.75, 3.05) is 7.11 Å². The molecule has 0 aliphatic heterocycles. The molecule has 12 heavy (non-hydrogen) atoms. The second-order valence-electron chi connectivity index (χ2n) is 2.43. The molecular formula is C8H11ClN2O. The number of aryl methyl sites for hydroxylation is 1. The first-order chi connectivity index (χ1) is 5.69. The molecule has 1 rings (SSSR count). The summed E-state index contributed by atoms with van der Waals surface area (Å²) in [5.74, 6) is 0.629. The summed E-state index contributed by atoms with van der Waals surface area (Å²) in [6.07, 6.45) is 0. The van der Waals surface area contributed by atoms with Gasteiger partial charge in [0.15, 0.2) is 0 Å². The Morgan fingerprint density at radius 2 is 2.33 bits per heavy atom. The van der Waals surface area contributed by atoms with E-state index in [4.69, 9.17) is 22.1 Å². The normalized spacial score (nSPS) is 10.0. The zero-order valence-corrected chi connectivity index (χ0v) is 7.85. The lowest BCUT2D eigenvalue weighted by Gasteiger charge is -2.07. The van der Waals surface area contributed by atoms with Gasteiger partial charge in [0.25, 0.3) is 0 Å². The Balaban J connectivity index is 3.22. The summed E-state index contributed by atoms with van der Waals surface area (Å²) in [6, 6.07) is 1.78. The molecule has 2 N–H and O–H groups in total. The number of nitrogens with zero attached hydrogens (tertiary/aromatic N) is 1. The second kappa shape index (κ2) is 3.74. The fourth-order valence-electron chi connectivity index (χ4n) is 0.973. The number of hydrogen-bond donors (Lipinski definition) is 1. The van der Waals surface area contributed by atoms with Gasteiger partial charge in [0, 0.05) is 18.3 Å². The van der Waals surface area contributed by atoms with Gasteiger partial charge in [0.1, 0.15) is 10.8 Å². The molecule has 4 heteroatoms. The number of ether oxygens (including phenoxy) is 1. The SMILES string of the molecule is COc1cc(C)nc(CN)c1Cl. The average Bonchev–Trinajstić information content (AvgIpc) is 2.08. The van der Waals surface area contributed by atoms with Crippen molar-refractivity contribution in [2.45, 2.75) is 13.5 Å². The van der Waals surface area contributed by atoms with Crippen LogP contribution < -0.4 is 10.5 Å². The first-order valence-corrected chi connectivity index (χ1v) is 3.97. The predicted molar refractivity (Wildman–Crippen MR) is 48.4 cm³/mol. The molecule has 0 fully saturated rings. The van der Waals surface area contributed by atoms with Crippen LogP contribution in [0.1, 0.15) is 11.4 Å². The fraction of sp³-hybridized carbons (Fsp3) is 0.375. The Bertz CT molecular complexity index is 263. The molecule has 1 heterocycles. The van der Waals surface area contributed by atoms with E-state index in [2.05, 4.69) is 4.98 Å². The van der Waals surface area contributed by atoms with Crippen LogP contribution in [0.25, 0.3) is 0 Å². The summed E-state index contributed by atoms with van der Waals surface area (Å²) >= 11 is 5.91. The van der Waals surface area contributed by atoms with Crippen LogP contribution in [-0.4, -0.2) is 12.1 Å². The summed E-state index contributed by atoms with van der Waals surface area (Å²) in [7, 11) is 1.57. The molecule has 0 aliphatic rings.